The summed E-state index contributed by atoms with van der Waals surface area (Å²) in [6.45, 7) is 11.1. The molecule has 0 spiro atoms. The predicted molar refractivity (Wildman–Crippen MR) is 184 cm³/mol. The van der Waals surface area contributed by atoms with Gasteiger partial charge in [0.1, 0.15) is 0 Å². The smallest absolute Gasteiger partial charge is 0.254 e. The van der Waals surface area contributed by atoms with E-state index in [9.17, 15) is 4.79 Å². The SMILES string of the molecule is CCCC(C)(N)c1ccc(-c2ccc(N=C(CC)C3CC(C)c4c(cccc4C4CC4)C(=O)N3C)c(C)c2)cc1C1CCC1. The van der Waals surface area contributed by atoms with Gasteiger partial charge in [-0.05, 0) is 134 Å². The molecule has 1 aliphatic heterocycles. The van der Waals surface area contributed by atoms with E-state index in [1.54, 1.807) is 0 Å². The third kappa shape index (κ3) is 5.78. The lowest BCUT2D eigenvalue weighted by atomic mass is 9.73. The highest BCUT2D eigenvalue weighted by molar-refractivity contribution is 6.02. The molecule has 2 aliphatic carbocycles. The molecule has 2 fully saturated rings. The zero-order valence-electron chi connectivity index (χ0n) is 27.7. The van der Waals surface area contributed by atoms with Crippen molar-refractivity contribution in [2.75, 3.05) is 7.05 Å². The maximum Gasteiger partial charge on any atom is 0.254 e. The van der Waals surface area contributed by atoms with Crippen LogP contribution in [-0.4, -0.2) is 29.6 Å². The van der Waals surface area contributed by atoms with E-state index in [0.29, 0.717) is 17.8 Å². The number of fused-ring (bicyclic) bond motifs is 1. The van der Waals surface area contributed by atoms with Crippen molar-refractivity contribution in [1.82, 2.24) is 4.90 Å². The van der Waals surface area contributed by atoms with E-state index in [1.807, 2.05) is 18.0 Å². The maximum absolute atomic E-state index is 13.8. The Kier molecular flexibility index (Phi) is 8.58. The summed E-state index contributed by atoms with van der Waals surface area (Å²) >= 11 is 0. The Morgan fingerprint density at radius 1 is 0.977 bits per heavy atom. The predicted octanol–water partition coefficient (Wildman–Crippen LogP) is 9.91. The lowest BCUT2D eigenvalue weighted by molar-refractivity contribution is 0.0771. The van der Waals surface area contributed by atoms with E-state index < -0.39 is 0 Å². The normalized spacial score (nSPS) is 22.3. The highest BCUT2D eigenvalue weighted by Crippen LogP contribution is 2.46. The summed E-state index contributed by atoms with van der Waals surface area (Å²) in [6, 6.07) is 20.0. The number of carbonyl (C=O) groups excluding carboxylic acids is 1. The number of nitrogens with zero attached hydrogens (tertiary/aromatic N) is 2. The third-order valence-corrected chi connectivity index (χ3v) is 10.8. The van der Waals surface area contributed by atoms with Crippen LogP contribution in [-0.2, 0) is 5.54 Å². The van der Waals surface area contributed by atoms with Crippen LogP contribution in [0.2, 0.25) is 0 Å². The molecular weight excluding hydrogens is 538 g/mol. The first kappa shape index (κ1) is 30.8. The molecule has 3 aliphatic rings. The molecule has 3 aromatic carbocycles. The van der Waals surface area contributed by atoms with E-state index in [1.165, 1.54) is 65.5 Å². The van der Waals surface area contributed by atoms with Gasteiger partial charge in [0.15, 0.2) is 0 Å². The zero-order valence-corrected chi connectivity index (χ0v) is 27.7. The van der Waals surface area contributed by atoms with Crippen LogP contribution in [0.15, 0.2) is 59.6 Å². The highest BCUT2D eigenvalue weighted by Gasteiger charge is 2.37. The second-order valence-electron chi connectivity index (χ2n) is 14.2. The minimum Gasteiger partial charge on any atom is -0.333 e. The average molecular weight is 590 g/mol. The van der Waals surface area contributed by atoms with Crippen LogP contribution in [0.25, 0.3) is 11.1 Å². The fourth-order valence-corrected chi connectivity index (χ4v) is 7.85. The Morgan fingerprint density at radius 3 is 2.32 bits per heavy atom. The van der Waals surface area contributed by atoms with Gasteiger partial charge in [-0.25, -0.2) is 0 Å². The largest absolute Gasteiger partial charge is 0.333 e. The van der Waals surface area contributed by atoms with Crippen LogP contribution in [0.4, 0.5) is 5.69 Å². The molecule has 3 unspecified atom stereocenters. The second-order valence-corrected chi connectivity index (χ2v) is 14.2. The molecule has 0 aromatic heterocycles. The molecule has 3 aromatic rings. The van der Waals surface area contributed by atoms with Crippen LogP contribution < -0.4 is 5.73 Å². The van der Waals surface area contributed by atoms with Gasteiger partial charge in [-0.2, -0.15) is 0 Å². The standard InChI is InChI=1S/C40H51N3O/c1-7-21-40(5,41)34-19-17-30(24-33(34)27-11-9-12-27)29-18-20-36(25(3)22-29)42-35(8-2)37-23-26(4)38-31(28-15-16-28)13-10-14-32(38)39(44)43(37)6/h10,13-14,17-20,22,24,26-28,37H,7-9,11-12,15-16,21,23,41H2,1-6H3. The molecule has 4 heteroatoms. The van der Waals surface area contributed by atoms with Crippen molar-refractivity contribution < 1.29 is 4.79 Å². The molecule has 6 rings (SSSR count). The average Bonchev–Trinajstić information content (AvgIpc) is 3.83. The molecule has 2 N–H and O–H groups in total. The maximum atomic E-state index is 13.8. The van der Waals surface area contributed by atoms with E-state index in [4.69, 9.17) is 10.7 Å². The van der Waals surface area contributed by atoms with Gasteiger partial charge in [-0.1, -0.05) is 70.0 Å². The molecule has 0 bridgehead atoms. The Morgan fingerprint density at radius 2 is 1.68 bits per heavy atom. The van der Waals surface area contributed by atoms with Gasteiger partial charge in [0.2, 0.25) is 0 Å². The number of rotatable bonds is 9. The summed E-state index contributed by atoms with van der Waals surface area (Å²) in [7, 11) is 1.97. The first-order valence-corrected chi connectivity index (χ1v) is 17.1. The van der Waals surface area contributed by atoms with Crippen molar-refractivity contribution in [2.24, 2.45) is 10.7 Å². The van der Waals surface area contributed by atoms with Crippen LogP contribution >= 0.6 is 0 Å². The molecule has 2 saturated carbocycles. The molecule has 1 heterocycles. The van der Waals surface area contributed by atoms with Crippen molar-refractivity contribution in [3.05, 3.63) is 88.0 Å². The van der Waals surface area contributed by atoms with Gasteiger partial charge in [-0.3, -0.25) is 9.79 Å². The summed E-state index contributed by atoms with van der Waals surface area (Å²) in [4.78, 5) is 21.0. The number of hydrogen-bond acceptors (Lipinski definition) is 3. The van der Waals surface area contributed by atoms with Gasteiger partial charge in [0.25, 0.3) is 5.91 Å². The summed E-state index contributed by atoms with van der Waals surface area (Å²) in [5.74, 6) is 1.68. The molecular formula is C40H51N3O. The van der Waals surface area contributed by atoms with Gasteiger partial charge < -0.3 is 10.6 Å². The zero-order chi connectivity index (χ0) is 31.2. The van der Waals surface area contributed by atoms with E-state index in [0.717, 1.165) is 48.2 Å². The third-order valence-electron chi connectivity index (χ3n) is 10.8. The summed E-state index contributed by atoms with van der Waals surface area (Å²) in [6.07, 6.45) is 10.1. The first-order chi connectivity index (χ1) is 21.1. The molecule has 3 atom stereocenters. The molecule has 0 saturated heterocycles. The lowest BCUT2D eigenvalue weighted by Crippen LogP contribution is -2.41. The van der Waals surface area contributed by atoms with Crippen LogP contribution in [0, 0.1) is 6.92 Å². The fourth-order valence-electron chi connectivity index (χ4n) is 7.85. The quantitative estimate of drug-likeness (QED) is 0.253. The van der Waals surface area contributed by atoms with Crippen molar-refractivity contribution in [1.29, 1.82) is 0 Å². The highest BCUT2D eigenvalue weighted by atomic mass is 16.2. The fraction of sp³-hybridized carbons (Fsp3) is 0.500. The van der Waals surface area contributed by atoms with Gasteiger partial charge in [0.05, 0.1) is 11.7 Å². The summed E-state index contributed by atoms with van der Waals surface area (Å²) < 4.78 is 0. The Hall–Kier alpha value is -3.24. The summed E-state index contributed by atoms with van der Waals surface area (Å²) in [5.41, 5.74) is 18.6. The van der Waals surface area contributed by atoms with E-state index >= 15 is 0 Å². The van der Waals surface area contributed by atoms with Gasteiger partial charge >= 0.3 is 0 Å². The minimum atomic E-state index is -0.297. The Balaban J connectivity index is 1.30. The lowest BCUT2D eigenvalue weighted by Gasteiger charge is -2.34. The van der Waals surface area contributed by atoms with Crippen LogP contribution in [0.3, 0.4) is 0 Å². The molecule has 232 valence electrons. The molecule has 1 amide bonds. The number of benzene rings is 3. The topological polar surface area (TPSA) is 58.7 Å². The number of amides is 1. The minimum absolute atomic E-state index is 0.0210. The van der Waals surface area contributed by atoms with E-state index in [-0.39, 0.29) is 17.5 Å². The van der Waals surface area contributed by atoms with Crippen molar-refractivity contribution >= 4 is 17.3 Å². The summed E-state index contributed by atoms with van der Waals surface area (Å²) in [5, 5.41) is 0. The Bertz CT molecular complexity index is 1580. The number of hydrogen-bond donors (Lipinski definition) is 1. The monoisotopic (exact) mass is 589 g/mol. The van der Waals surface area contributed by atoms with Crippen molar-refractivity contribution in [3.8, 4) is 11.1 Å². The number of aliphatic imine (C=N–C) groups is 1. The number of carbonyl (C=O) groups is 1. The molecule has 0 radical (unpaired) electrons. The number of nitrogens with two attached hydrogens (primary N) is 1. The second kappa shape index (κ2) is 12.3. The first-order valence-electron chi connectivity index (χ1n) is 17.1. The molecule has 44 heavy (non-hydrogen) atoms. The van der Waals surface area contributed by atoms with Gasteiger partial charge in [-0.15, -0.1) is 0 Å². The van der Waals surface area contributed by atoms with Crippen molar-refractivity contribution in [3.63, 3.8) is 0 Å². The van der Waals surface area contributed by atoms with Crippen molar-refractivity contribution in [2.45, 2.75) is 122 Å². The van der Waals surface area contributed by atoms with Gasteiger partial charge in [0, 0.05) is 23.9 Å². The molecule has 4 nitrogen and oxygen atoms in total. The van der Waals surface area contributed by atoms with E-state index in [2.05, 4.69) is 83.1 Å². The number of aryl methyl sites for hydroxylation is 1. The Labute approximate surface area is 265 Å². The van der Waals surface area contributed by atoms with Crippen LogP contribution in [0.1, 0.15) is 141 Å². The van der Waals surface area contributed by atoms with Crippen LogP contribution in [0.5, 0.6) is 0 Å².